The lowest BCUT2D eigenvalue weighted by Crippen LogP contribution is -2.19. The monoisotopic (exact) mass is 227 g/mol. The van der Waals surface area contributed by atoms with Crippen molar-refractivity contribution in [2.75, 3.05) is 24.2 Å². The van der Waals surface area contributed by atoms with Gasteiger partial charge in [-0.25, -0.2) is 0 Å². The van der Waals surface area contributed by atoms with Crippen LogP contribution in [0.2, 0.25) is 5.02 Å². The minimum absolute atomic E-state index is 0.797. The second-order valence-corrected chi connectivity index (χ2v) is 5.14. The Bertz CT molecular complexity index is 299. The van der Waals surface area contributed by atoms with Crippen molar-refractivity contribution in [1.29, 1.82) is 0 Å². The molecule has 0 N–H and O–H groups in total. The molecular weight excluding hydrogens is 214 g/mol. The highest BCUT2D eigenvalue weighted by Gasteiger charge is 2.21. The zero-order chi connectivity index (χ0) is 9.97. The van der Waals surface area contributed by atoms with Gasteiger partial charge in [0.2, 0.25) is 0 Å². The van der Waals surface area contributed by atoms with Crippen LogP contribution in [0.25, 0.3) is 0 Å². The number of halogens is 1. The summed E-state index contributed by atoms with van der Waals surface area (Å²) in [5.41, 5.74) is 1.30. The Kier molecular flexibility index (Phi) is 3.24. The Morgan fingerprint density at radius 1 is 1.36 bits per heavy atom. The molecular formula is C11H14ClNS. The third kappa shape index (κ3) is 2.18. The van der Waals surface area contributed by atoms with Crippen LogP contribution in [-0.4, -0.2) is 24.6 Å². The van der Waals surface area contributed by atoms with Gasteiger partial charge in [0.25, 0.3) is 0 Å². The van der Waals surface area contributed by atoms with E-state index in [-0.39, 0.29) is 0 Å². The molecule has 1 saturated heterocycles. The number of nitrogens with zero attached hydrogens (tertiary/aromatic N) is 1. The molecule has 2 rings (SSSR count). The van der Waals surface area contributed by atoms with Crippen molar-refractivity contribution in [3.05, 3.63) is 29.3 Å². The molecule has 14 heavy (non-hydrogen) atoms. The van der Waals surface area contributed by atoms with E-state index in [4.69, 9.17) is 11.6 Å². The summed E-state index contributed by atoms with van der Waals surface area (Å²) in [7, 11) is 0. The minimum Gasteiger partial charge on any atom is -0.370 e. The first-order valence-corrected chi connectivity index (χ1v) is 6.49. The van der Waals surface area contributed by atoms with Crippen molar-refractivity contribution in [2.45, 2.75) is 11.7 Å². The Morgan fingerprint density at radius 3 is 2.64 bits per heavy atom. The molecule has 1 atom stereocenters. The van der Waals surface area contributed by atoms with Crippen molar-refractivity contribution in [3.8, 4) is 0 Å². The van der Waals surface area contributed by atoms with Gasteiger partial charge in [-0.2, -0.15) is 11.8 Å². The number of rotatable bonds is 2. The lowest BCUT2D eigenvalue weighted by atomic mass is 10.3. The van der Waals surface area contributed by atoms with Gasteiger partial charge in [-0.3, -0.25) is 0 Å². The number of anilines is 1. The first-order chi connectivity index (χ1) is 6.79. The second kappa shape index (κ2) is 4.45. The molecule has 3 heteroatoms. The molecule has 1 fully saturated rings. The van der Waals surface area contributed by atoms with Crippen molar-refractivity contribution < 1.29 is 0 Å². The maximum absolute atomic E-state index is 5.85. The summed E-state index contributed by atoms with van der Waals surface area (Å²) in [5, 5.41) is 1.61. The van der Waals surface area contributed by atoms with Gasteiger partial charge >= 0.3 is 0 Å². The summed E-state index contributed by atoms with van der Waals surface area (Å²) in [6, 6.07) is 8.13. The van der Waals surface area contributed by atoms with E-state index >= 15 is 0 Å². The van der Waals surface area contributed by atoms with Crippen LogP contribution in [-0.2, 0) is 0 Å². The molecule has 1 aromatic carbocycles. The third-order valence-corrected chi connectivity index (χ3v) is 3.97. The van der Waals surface area contributed by atoms with Crippen molar-refractivity contribution in [3.63, 3.8) is 0 Å². The molecule has 1 aromatic rings. The predicted molar refractivity (Wildman–Crippen MR) is 65.6 cm³/mol. The molecule has 76 valence electrons. The smallest absolute Gasteiger partial charge is 0.0407 e. The Morgan fingerprint density at radius 2 is 2.07 bits per heavy atom. The van der Waals surface area contributed by atoms with Gasteiger partial charge in [0.15, 0.2) is 0 Å². The van der Waals surface area contributed by atoms with Crippen LogP contribution >= 0.6 is 23.4 Å². The van der Waals surface area contributed by atoms with E-state index < -0.39 is 0 Å². The average Bonchev–Trinajstić information content (AvgIpc) is 2.67. The fraction of sp³-hybridized carbons (Fsp3) is 0.455. The van der Waals surface area contributed by atoms with Gasteiger partial charge in [-0.05, 0) is 36.9 Å². The fourth-order valence-corrected chi connectivity index (χ4v) is 2.60. The average molecular weight is 228 g/mol. The summed E-state index contributed by atoms with van der Waals surface area (Å²) in [6.45, 7) is 2.34. The van der Waals surface area contributed by atoms with Gasteiger partial charge in [0, 0.05) is 29.0 Å². The largest absolute Gasteiger partial charge is 0.370 e. The first kappa shape index (κ1) is 10.2. The maximum atomic E-state index is 5.85. The molecule has 0 spiro atoms. The first-order valence-electron chi connectivity index (χ1n) is 4.83. The van der Waals surface area contributed by atoms with Crippen molar-refractivity contribution in [1.82, 2.24) is 0 Å². The third-order valence-electron chi connectivity index (χ3n) is 2.67. The van der Waals surface area contributed by atoms with Gasteiger partial charge < -0.3 is 4.90 Å². The normalized spacial score (nSPS) is 21.6. The molecule has 1 aliphatic rings. The van der Waals surface area contributed by atoms with E-state index in [1.54, 1.807) is 0 Å². The standard InChI is InChI=1S/C11H14ClNS/c1-14-11-6-7-13(8-11)10-4-2-9(12)3-5-10/h2-5,11H,6-8H2,1H3. The van der Waals surface area contributed by atoms with E-state index in [0.717, 1.165) is 10.3 Å². The van der Waals surface area contributed by atoms with Crippen LogP contribution in [0.3, 0.4) is 0 Å². The van der Waals surface area contributed by atoms with Crippen LogP contribution in [0, 0.1) is 0 Å². The van der Waals surface area contributed by atoms with E-state index in [2.05, 4.69) is 23.3 Å². The van der Waals surface area contributed by atoms with E-state index in [9.17, 15) is 0 Å². The zero-order valence-corrected chi connectivity index (χ0v) is 9.81. The topological polar surface area (TPSA) is 3.24 Å². The Balaban J connectivity index is 2.06. The summed E-state index contributed by atoms with van der Waals surface area (Å²) in [6.07, 6.45) is 3.49. The minimum atomic E-state index is 0.797. The maximum Gasteiger partial charge on any atom is 0.0407 e. The Labute approximate surface area is 94.4 Å². The lowest BCUT2D eigenvalue weighted by Gasteiger charge is -2.18. The Hall–Kier alpha value is -0.340. The molecule has 1 aliphatic heterocycles. The molecule has 1 heterocycles. The zero-order valence-electron chi connectivity index (χ0n) is 8.24. The number of thioether (sulfide) groups is 1. The van der Waals surface area contributed by atoms with Gasteiger partial charge in [0.05, 0.1) is 0 Å². The molecule has 0 bridgehead atoms. The van der Waals surface area contributed by atoms with Gasteiger partial charge in [0.1, 0.15) is 0 Å². The van der Waals surface area contributed by atoms with Crippen LogP contribution in [0.4, 0.5) is 5.69 Å². The van der Waals surface area contributed by atoms with Gasteiger partial charge in [-0.15, -0.1) is 0 Å². The highest BCUT2D eigenvalue weighted by molar-refractivity contribution is 7.99. The quantitative estimate of drug-likeness (QED) is 0.763. The van der Waals surface area contributed by atoms with Crippen molar-refractivity contribution >= 4 is 29.1 Å². The van der Waals surface area contributed by atoms with Crippen LogP contribution < -0.4 is 4.90 Å². The molecule has 0 saturated carbocycles. The van der Waals surface area contributed by atoms with Crippen LogP contribution in [0.5, 0.6) is 0 Å². The predicted octanol–water partition coefficient (Wildman–Crippen LogP) is 3.28. The van der Waals surface area contributed by atoms with Crippen LogP contribution in [0.1, 0.15) is 6.42 Å². The highest BCUT2D eigenvalue weighted by Crippen LogP contribution is 2.26. The molecule has 1 nitrogen and oxygen atoms in total. The number of hydrogen-bond acceptors (Lipinski definition) is 2. The number of hydrogen-bond donors (Lipinski definition) is 0. The molecule has 0 radical (unpaired) electrons. The number of benzene rings is 1. The van der Waals surface area contributed by atoms with Crippen molar-refractivity contribution in [2.24, 2.45) is 0 Å². The molecule has 0 aliphatic carbocycles. The molecule has 0 aromatic heterocycles. The summed E-state index contributed by atoms with van der Waals surface area (Å²) in [5.74, 6) is 0. The van der Waals surface area contributed by atoms with Crippen LogP contribution in [0.15, 0.2) is 24.3 Å². The molecule has 0 amide bonds. The fourth-order valence-electron chi connectivity index (χ4n) is 1.81. The van der Waals surface area contributed by atoms with E-state index in [0.29, 0.717) is 0 Å². The second-order valence-electron chi connectivity index (χ2n) is 3.57. The summed E-state index contributed by atoms with van der Waals surface area (Å²) >= 11 is 7.82. The van der Waals surface area contributed by atoms with E-state index in [1.165, 1.54) is 25.2 Å². The van der Waals surface area contributed by atoms with Gasteiger partial charge in [-0.1, -0.05) is 11.6 Å². The summed E-state index contributed by atoms with van der Waals surface area (Å²) < 4.78 is 0. The lowest BCUT2D eigenvalue weighted by molar-refractivity contribution is 0.966. The summed E-state index contributed by atoms with van der Waals surface area (Å²) in [4.78, 5) is 2.43. The molecule has 1 unspecified atom stereocenters. The van der Waals surface area contributed by atoms with E-state index in [1.807, 2.05) is 23.9 Å². The SMILES string of the molecule is CSC1CCN(c2ccc(Cl)cc2)C1. The highest BCUT2D eigenvalue weighted by atomic mass is 35.5.